The number of piperidine rings is 1. The third-order valence-electron chi connectivity index (χ3n) is 7.47. The van der Waals surface area contributed by atoms with E-state index in [-0.39, 0.29) is 48.8 Å². The lowest BCUT2D eigenvalue weighted by Crippen LogP contribution is -2.51. The molecule has 1 fully saturated rings. The number of likely N-dealkylation sites (tertiary alicyclic amines) is 1. The maximum atomic E-state index is 13.4. The van der Waals surface area contributed by atoms with Gasteiger partial charge < -0.3 is 26.0 Å². The summed E-state index contributed by atoms with van der Waals surface area (Å²) in [5.41, 5.74) is 6.52. The third-order valence-corrected chi connectivity index (χ3v) is 7.47. The van der Waals surface area contributed by atoms with Gasteiger partial charge in [0.1, 0.15) is 0 Å². The Morgan fingerprint density at radius 3 is 2.51 bits per heavy atom. The van der Waals surface area contributed by atoms with Gasteiger partial charge in [-0.1, -0.05) is 30.3 Å². The lowest BCUT2D eigenvalue weighted by molar-refractivity contribution is -0.140. The summed E-state index contributed by atoms with van der Waals surface area (Å²) in [6, 6.07) is 15.0. The van der Waals surface area contributed by atoms with Crippen LogP contribution < -0.4 is 16.6 Å². The molecular formula is C30H41ClN6O4. The van der Waals surface area contributed by atoms with Crippen molar-refractivity contribution >= 4 is 40.8 Å². The Bertz CT molecular complexity index is 1370. The number of carbonyl (C=O) groups is 2. The van der Waals surface area contributed by atoms with Crippen molar-refractivity contribution in [2.75, 3.05) is 45.6 Å². The first kappa shape index (κ1) is 32.2. The van der Waals surface area contributed by atoms with E-state index in [0.717, 1.165) is 18.4 Å². The summed E-state index contributed by atoms with van der Waals surface area (Å²) < 4.78 is 1.43. The number of hydrogen-bond acceptors (Lipinski definition) is 7. The molecule has 0 bridgehead atoms. The minimum Gasteiger partial charge on any atom is -0.388 e. The highest BCUT2D eigenvalue weighted by atomic mass is 35.5. The topological polar surface area (TPSA) is 134 Å². The van der Waals surface area contributed by atoms with Gasteiger partial charge >= 0.3 is 0 Å². The van der Waals surface area contributed by atoms with E-state index >= 15 is 0 Å². The second kappa shape index (κ2) is 14.5. The first-order chi connectivity index (χ1) is 19.2. The van der Waals surface area contributed by atoms with E-state index in [1.165, 1.54) is 10.9 Å². The number of nitrogens with one attached hydrogen (secondary N) is 1. The number of benzene rings is 2. The summed E-state index contributed by atoms with van der Waals surface area (Å²) in [6.45, 7) is 1.73. The summed E-state index contributed by atoms with van der Waals surface area (Å²) in [4.78, 5) is 46.7. The number of amides is 2. The van der Waals surface area contributed by atoms with Crippen LogP contribution in [0.5, 0.6) is 0 Å². The third kappa shape index (κ3) is 8.59. The normalized spacial score (nSPS) is 15.4. The van der Waals surface area contributed by atoms with Crippen LogP contribution in [0.1, 0.15) is 31.2 Å². The fourth-order valence-corrected chi connectivity index (χ4v) is 5.29. The van der Waals surface area contributed by atoms with E-state index < -0.39 is 5.60 Å². The van der Waals surface area contributed by atoms with Crippen LogP contribution in [0.25, 0.3) is 10.9 Å². The number of hydrogen-bond donors (Lipinski definition) is 3. The van der Waals surface area contributed by atoms with Gasteiger partial charge in [-0.15, -0.1) is 12.4 Å². The van der Waals surface area contributed by atoms with E-state index in [1.54, 1.807) is 23.1 Å². The number of fused-ring (bicyclic) bond motifs is 1. The first-order valence-corrected chi connectivity index (χ1v) is 13.9. The van der Waals surface area contributed by atoms with Gasteiger partial charge in [-0.3, -0.25) is 19.0 Å². The molecule has 4 rings (SSSR count). The van der Waals surface area contributed by atoms with Crippen LogP contribution in [0.4, 0.5) is 5.69 Å². The number of nitrogens with zero attached hydrogens (tertiary/aromatic N) is 4. The Labute approximate surface area is 246 Å². The minimum absolute atomic E-state index is 0. The van der Waals surface area contributed by atoms with E-state index in [4.69, 9.17) is 5.73 Å². The fraction of sp³-hybridized carbons (Fsp3) is 0.467. The quantitative estimate of drug-likeness (QED) is 0.315. The summed E-state index contributed by atoms with van der Waals surface area (Å²) in [5.74, 6) is -0.213. The monoisotopic (exact) mass is 584 g/mol. The van der Waals surface area contributed by atoms with Crippen LogP contribution in [0.15, 0.2) is 59.7 Å². The molecule has 1 atom stereocenters. The molecule has 0 radical (unpaired) electrons. The van der Waals surface area contributed by atoms with Gasteiger partial charge in [-0.25, -0.2) is 4.98 Å². The predicted octanol–water partition coefficient (Wildman–Crippen LogP) is 2.27. The molecule has 2 heterocycles. The highest BCUT2D eigenvalue weighted by molar-refractivity contribution is 5.94. The fourth-order valence-electron chi connectivity index (χ4n) is 5.29. The molecule has 0 aliphatic carbocycles. The van der Waals surface area contributed by atoms with Gasteiger partial charge in [0.05, 0.1) is 35.9 Å². The predicted molar refractivity (Wildman–Crippen MR) is 163 cm³/mol. The zero-order valence-corrected chi connectivity index (χ0v) is 24.6. The van der Waals surface area contributed by atoms with Crippen molar-refractivity contribution in [2.45, 2.75) is 44.2 Å². The van der Waals surface area contributed by atoms with Crippen molar-refractivity contribution in [1.29, 1.82) is 0 Å². The maximum Gasteiger partial charge on any atom is 0.261 e. The number of aromatic nitrogens is 2. The number of nitrogens with two attached hydrogens (primary N) is 1. The lowest BCUT2D eigenvalue weighted by atomic mass is 9.88. The van der Waals surface area contributed by atoms with Gasteiger partial charge in [0, 0.05) is 24.7 Å². The molecule has 1 unspecified atom stereocenters. The van der Waals surface area contributed by atoms with Gasteiger partial charge in [-0.05, 0) is 76.5 Å². The van der Waals surface area contributed by atoms with Crippen LogP contribution in [0, 0.1) is 5.92 Å². The zero-order valence-electron chi connectivity index (χ0n) is 23.8. The second-order valence-corrected chi connectivity index (χ2v) is 11.1. The van der Waals surface area contributed by atoms with E-state index in [2.05, 4.69) is 10.3 Å². The largest absolute Gasteiger partial charge is 0.388 e. The number of halogens is 1. The molecule has 4 N–H and O–H groups in total. The van der Waals surface area contributed by atoms with Crippen molar-refractivity contribution in [1.82, 2.24) is 19.4 Å². The molecule has 1 saturated heterocycles. The average molecular weight is 585 g/mol. The number of carbonyl (C=O) groups excluding carboxylic acids is 2. The van der Waals surface area contributed by atoms with E-state index in [9.17, 15) is 19.5 Å². The van der Waals surface area contributed by atoms with Crippen molar-refractivity contribution in [3.8, 4) is 0 Å². The Kier molecular flexibility index (Phi) is 11.4. The number of aliphatic hydroxyl groups is 1. The Morgan fingerprint density at radius 2 is 1.85 bits per heavy atom. The molecule has 2 aromatic carbocycles. The SMILES string of the molecule is CN(C)CC(=O)Nc1ccc2c(=O)n(CC3(O)CCN(C(=O)C(CCCN)Cc4ccccc4)CC3)cnc2c1.Cl. The zero-order chi connectivity index (χ0) is 28.7. The smallest absolute Gasteiger partial charge is 0.261 e. The molecule has 10 nitrogen and oxygen atoms in total. The molecule has 0 spiro atoms. The maximum absolute atomic E-state index is 13.4. The summed E-state index contributed by atoms with van der Waals surface area (Å²) >= 11 is 0. The van der Waals surface area contributed by atoms with Crippen molar-refractivity contribution in [3.63, 3.8) is 0 Å². The van der Waals surface area contributed by atoms with Crippen LogP contribution in [-0.2, 0) is 22.6 Å². The van der Waals surface area contributed by atoms with Crippen LogP contribution in [0.3, 0.4) is 0 Å². The first-order valence-electron chi connectivity index (χ1n) is 13.9. The Balaban J connectivity index is 0.00000462. The number of rotatable bonds is 11. The summed E-state index contributed by atoms with van der Waals surface area (Å²) in [6.07, 6.45) is 4.35. The van der Waals surface area contributed by atoms with Gasteiger partial charge in [0.25, 0.3) is 5.56 Å². The molecule has 2 amide bonds. The Hall–Kier alpha value is -3.31. The molecule has 1 aromatic heterocycles. The molecular weight excluding hydrogens is 544 g/mol. The molecule has 1 aliphatic rings. The lowest BCUT2D eigenvalue weighted by Gasteiger charge is -2.39. The van der Waals surface area contributed by atoms with E-state index in [1.807, 2.05) is 49.3 Å². The highest BCUT2D eigenvalue weighted by Gasteiger charge is 2.36. The van der Waals surface area contributed by atoms with Crippen LogP contribution in [0.2, 0.25) is 0 Å². The van der Waals surface area contributed by atoms with Crippen molar-refractivity contribution in [3.05, 3.63) is 70.8 Å². The van der Waals surface area contributed by atoms with Crippen LogP contribution in [-0.4, -0.2) is 82.1 Å². The van der Waals surface area contributed by atoms with Gasteiger partial charge in [0.15, 0.2) is 0 Å². The van der Waals surface area contributed by atoms with Crippen LogP contribution >= 0.6 is 12.4 Å². The Morgan fingerprint density at radius 1 is 1.15 bits per heavy atom. The molecule has 3 aromatic rings. The van der Waals surface area contributed by atoms with Gasteiger partial charge in [-0.2, -0.15) is 0 Å². The number of anilines is 1. The standard InChI is InChI=1S/C30H40N6O4.ClH/c1-34(2)19-27(37)33-24-10-11-25-26(18-24)32-21-36(29(25)39)20-30(40)12-15-35(16-13-30)28(38)23(9-6-14-31)17-22-7-4-3-5-8-22;/h3-5,7-8,10-11,18,21,23,40H,6,9,12-17,19-20,31H2,1-2H3,(H,33,37);1H. The molecule has 0 saturated carbocycles. The summed E-state index contributed by atoms with van der Waals surface area (Å²) in [7, 11) is 3.62. The molecule has 41 heavy (non-hydrogen) atoms. The molecule has 222 valence electrons. The second-order valence-electron chi connectivity index (χ2n) is 11.1. The highest BCUT2D eigenvalue weighted by Crippen LogP contribution is 2.27. The average Bonchev–Trinajstić information content (AvgIpc) is 2.93. The van der Waals surface area contributed by atoms with Crippen molar-refractivity contribution in [2.24, 2.45) is 11.7 Å². The summed E-state index contributed by atoms with van der Waals surface area (Å²) in [5, 5.41) is 14.6. The molecule has 1 aliphatic heterocycles. The van der Waals surface area contributed by atoms with Gasteiger partial charge in [0.2, 0.25) is 11.8 Å². The number of likely N-dealkylation sites (N-methyl/N-ethyl adjacent to an activating group) is 1. The minimum atomic E-state index is -1.12. The molecule has 11 heteroatoms. The van der Waals surface area contributed by atoms with Crippen molar-refractivity contribution < 1.29 is 14.7 Å². The van der Waals surface area contributed by atoms with E-state index in [0.29, 0.717) is 55.5 Å².